The van der Waals surface area contributed by atoms with Crippen LogP contribution in [0, 0.1) is 0 Å². The van der Waals surface area contributed by atoms with Crippen LogP contribution in [0.5, 0.6) is 0 Å². The maximum absolute atomic E-state index is 12.6. The number of carbonyl (C=O) groups is 2. The normalized spacial score (nSPS) is 11.3. The average Bonchev–Trinajstić information content (AvgIpc) is 2.70. The summed E-state index contributed by atoms with van der Waals surface area (Å²) in [4.78, 5) is 35.9. The number of benzene rings is 1. The van der Waals surface area contributed by atoms with Crippen LogP contribution in [0.1, 0.15) is 24.2 Å². The minimum atomic E-state index is -3.75. The standard InChI is InChI=1S/C19H24N4O5S/c1-4-23(5-2)29(27,28)16-10-11-18(25)22(12-16)13-17(24)21-15-8-6-14(7-9-15)19(26)20-3/h6-12H,4-5,13H2,1-3H3,(H,20,26)(H,21,24). The fourth-order valence-corrected chi connectivity index (χ4v) is 4.18. The van der Waals surface area contributed by atoms with Crippen LogP contribution in [0.15, 0.2) is 52.3 Å². The zero-order chi connectivity index (χ0) is 21.6. The molecular weight excluding hydrogens is 396 g/mol. The van der Waals surface area contributed by atoms with E-state index in [4.69, 9.17) is 0 Å². The minimum Gasteiger partial charge on any atom is -0.355 e. The number of hydrogen-bond acceptors (Lipinski definition) is 5. The van der Waals surface area contributed by atoms with Crippen LogP contribution in [0.25, 0.3) is 0 Å². The second-order valence-corrected chi connectivity index (χ2v) is 8.06. The summed E-state index contributed by atoms with van der Waals surface area (Å²) in [6, 6.07) is 8.60. The van der Waals surface area contributed by atoms with Crippen LogP contribution in [-0.4, -0.2) is 49.2 Å². The molecule has 0 saturated carbocycles. The van der Waals surface area contributed by atoms with Gasteiger partial charge in [0.2, 0.25) is 15.9 Å². The molecule has 0 atom stereocenters. The molecular formula is C19H24N4O5S. The van der Waals surface area contributed by atoms with Crippen molar-refractivity contribution in [2.45, 2.75) is 25.3 Å². The van der Waals surface area contributed by atoms with Gasteiger partial charge in [0, 0.05) is 43.7 Å². The molecule has 0 saturated heterocycles. The topological polar surface area (TPSA) is 118 Å². The average molecular weight is 420 g/mol. The predicted molar refractivity (Wildman–Crippen MR) is 109 cm³/mol. The maximum atomic E-state index is 12.6. The second-order valence-electron chi connectivity index (χ2n) is 6.12. The van der Waals surface area contributed by atoms with Gasteiger partial charge in [-0.15, -0.1) is 0 Å². The molecule has 2 N–H and O–H groups in total. The van der Waals surface area contributed by atoms with E-state index in [2.05, 4.69) is 10.6 Å². The van der Waals surface area contributed by atoms with E-state index in [0.717, 1.165) is 10.6 Å². The Bertz CT molecular complexity index is 1040. The Kier molecular flexibility index (Phi) is 7.29. The summed E-state index contributed by atoms with van der Waals surface area (Å²) < 4.78 is 27.6. The molecule has 1 aromatic heterocycles. The van der Waals surface area contributed by atoms with Crippen LogP contribution in [0.4, 0.5) is 5.69 Å². The molecule has 0 aliphatic carbocycles. The van der Waals surface area contributed by atoms with E-state index in [1.807, 2.05) is 0 Å². The smallest absolute Gasteiger partial charge is 0.251 e. The second kappa shape index (κ2) is 9.48. The first-order valence-electron chi connectivity index (χ1n) is 9.05. The summed E-state index contributed by atoms with van der Waals surface area (Å²) in [6.07, 6.45) is 1.17. The Balaban J connectivity index is 2.18. The van der Waals surface area contributed by atoms with Crippen molar-refractivity contribution in [2.24, 2.45) is 0 Å². The summed E-state index contributed by atoms with van der Waals surface area (Å²) in [7, 11) is -2.23. The van der Waals surface area contributed by atoms with Gasteiger partial charge in [0.15, 0.2) is 0 Å². The zero-order valence-electron chi connectivity index (χ0n) is 16.5. The van der Waals surface area contributed by atoms with E-state index in [9.17, 15) is 22.8 Å². The number of pyridine rings is 1. The van der Waals surface area contributed by atoms with Crippen LogP contribution < -0.4 is 16.2 Å². The van der Waals surface area contributed by atoms with Crippen molar-refractivity contribution < 1.29 is 18.0 Å². The number of hydrogen-bond donors (Lipinski definition) is 2. The van der Waals surface area contributed by atoms with Crippen molar-refractivity contribution in [1.29, 1.82) is 0 Å². The molecule has 0 aliphatic rings. The maximum Gasteiger partial charge on any atom is 0.251 e. The molecule has 0 bridgehead atoms. The summed E-state index contributed by atoms with van der Waals surface area (Å²) in [5.41, 5.74) is 0.396. The van der Waals surface area contributed by atoms with Gasteiger partial charge in [-0.05, 0) is 30.3 Å². The number of nitrogens with zero attached hydrogens (tertiary/aromatic N) is 2. The summed E-state index contributed by atoms with van der Waals surface area (Å²) in [5.74, 6) is -0.752. The highest BCUT2D eigenvalue weighted by atomic mass is 32.2. The molecule has 0 fully saturated rings. The molecule has 2 aromatic rings. The number of nitrogens with one attached hydrogen (secondary N) is 2. The number of anilines is 1. The Morgan fingerprint density at radius 2 is 1.66 bits per heavy atom. The molecule has 9 nitrogen and oxygen atoms in total. The van der Waals surface area contributed by atoms with Crippen LogP contribution >= 0.6 is 0 Å². The zero-order valence-corrected chi connectivity index (χ0v) is 17.3. The number of aromatic nitrogens is 1. The monoisotopic (exact) mass is 420 g/mol. The van der Waals surface area contributed by atoms with Gasteiger partial charge < -0.3 is 15.2 Å². The lowest BCUT2D eigenvalue weighted by Gasteiger charge is -2.19. The molecule has 2 amide bonds. The van der Waals surface area contributed by atoms with E-state index < -0.39 is 21.5 Å². The molecule has 0 unspecified atom stereocenters. The highest BCUT2D eigenvalue weighted by Gasteiger charge is 2.22. The van der Waals surface area contributed by atoms with E-state index in [0.29, 0.717) is 24.3 Å². The van der Waals surface area contributed by atoms with E-state index >= 15 is 0 Å². The van der Waals surface area contributed by atoms with Gasteiger partial charge in [-0.25, -0.2) is 8.42 Å². The fourth-order valence-electron chi connectivity index (χ4n) is 2.70. The molecule has 0 spiro atoms. The van der Waals surface area contributed by atoms with Crippen molar-refractivity contribution >= 4 is 27.5 Å². The number of carbonyl (C=O) groups excluding carboxylic acids is 2. The van der Waals surface area contributed by atoms with Gasteiger partial charge in [-0.1, -0.05) is 13.8 Å². The Labute approximate surface area is 169 Å². The first kappa shape index (κ1) is 22.3. The summed E-state index contributed by atoms with van der Waals surface area (Å²) in [6.45, 7) is 3.69. The van der Waals surface area contributed by atoms with E-state index in [-0.39, 0.29) is 17.3 Å². The van der Waals surface area contributed by atoms with Gasteiger partial charge >= 0.3 is 0 Å². The molecule has 1 heterocycles. The van der Waals surface area contributed by atoms with Crippen molar-refractivity contribution in [1.82, 2.24) is 14.2 Å². The van der Waals surface area contributed by atoms with Crippen molar-refractivity contribution in [3.8, 4) is 0 Å². The van der Waals surface area contributed by atoms with Crippen LogP contribution in [0.2, 0.25) is 0 Å². The third kappa shape index (κ3) is 5.30. The number of rotatable bonds is 8. The summed E-state index contributed by atoms with van der Waals surface area (Å²) >= 11 is 0. The van der Waals surface area contributed by atoms with Gasteiger partial charge in [0.25, 0.3) is 11.5 Å². The predicted octanol–water partition coefficient (Wildman–Crippen LogP) is 0.877. The minimum absolute atomic E-state index is 0.0523. The van der Waals surface area contributed by atoms with E-state index in [1.165, 1.54) is 23.6 Å². The molecule has 156 valence electrons. The fraction of sp³-hybridized carbons (Fsp3) is 0.316. The third-order valence-electron chi connectivity index (χ3n) is 4.27. The molecule has 0 aliphatic heterocycles. The van der Waals surface area contributed by atoms with Gasteiger partial charge in [-0.2, -0.15) is 4.31 Å². The van der Waals surface area contributed by atoms with Crippen molar-refractivity contribution in [2.75, 3.05) is 25.5 Å². The lowest BCUT2D eigenvalue weighted by molar-refractivity contribution is -0.116. The molecule has 1 aromatic carbocycles. The van der Waals surface area contributed by atoms with Crippen molar-refractivity contribution in [3.05, 3.63) is 58.5 Å². The number of amides is 2. The largest absolute Gasteiger partial charge is 0.355 e. The molecule has 10 heteroatoms. The lowest BCUT2D eigenvalue weighted by Crippen LogP contribution is -2.33. The first-order valence-corrected chi connectivity index (χ1v) is 10.5. The Morgan fingerprint density at radius 1 is 1.03 bits per heavy atom. The van der Waals surface area contributed by atoms with E-state index in [1.54, 1.807) is 38.1 Å². The third-order valence-corrected chi connectivity index (χ3v) is 6.30. The SMILES string of the molecule is CCN(CC)S(=O)(=O)c1ccc(=O)n(CC(=O)Nc2ccc(C(=O)NC)cc2)c1. The first-order chi connectivity index (χ1) is 13.7. The summed E-state index contributed by atoms with van der Waals surface area (Å²) in [5, 5.41) is 5.11. The van der Waals surface area contributed by atoms with Crippen LogP contribution in [0.3, 0.4) is 0 Å². The van der Waals surface area contributed by atoms with Crippen molar-refractivity contribution in [3.63, 3.8) is 0 Å². The quantitative estimate of drug-likeness (QED) is 0.657. The highest BCUT2D eigenvalue weighted by molar-refractivity contribution is 7.89. The lowest BCUT2D eigenvalue weighted by atomic mass is 10.2. The van der Waals surface area contributed by atoms with Gasteiger partial charge in [0.1, 0.15) is 6.54 Å². The molecule has 29 heavy (non-hydrogen) atoms. The number of sulfonamides is 1. The Hall–Kier alpha value is -2.98. The van der Waals surface area contributed by atoms with Gasteiger partial charge in [0.05, 0.1) is 4.90 Å². The van der Waals surface area contributed by atoms with Gasteiger partial charge in [-0.3, -0.25) is 14.4 Å². The Morgan fingerprint density at radius 3 is 2.21 bits per heavy atom. The molecule has 2 rings (SSSR count). The molecule has 0 radical (unpaired) electrons. The highest BCUT2D eigenvalue weighted by Crippen LogP contribution is 2.14. The van der Waals surface area contributed by atoms with Crippen LogP contribution in [-0.2, 0) is 21.4 Å².